The molecule has 0 bridgehead atoms. The van der Waals surface area contributed by atoms with Gasteiger partial charge < -0.3 is 41.0 Å². The summed E-state index contributed by atoms with van der Waals surface area (Å²) >= 11 is 1.19. The Labute approximate surface area is 326 Å². The molecule has 1 aliphatic rings. The van der Waals surface area contributed by atoms with E-state index in [-0.39, 0.29) is 31.0 Å². The fraction of sp³-hybridized carbons (Fsp3) is 0.622. The number of likely N-dealkylation sites (N-methyl/N-ethyl adjacent to an activating group) is 1. The number of rotatable bonds is 20. The summed E-state index contributed by atoms with van der Waals surface area (Å²) < 4.78 is 6.84. The molecule has 0 aliphatic heterocycles. The van der Waals surface area contributed by atoms with Crippen LogP contribution >= 0.6 is 11.8 Å². The van der Waals surface area contributed by atoms with Crippen molar-refractivity contribution in [2.24, 2.45) is 5.92 Å². The number of amides is 4. The number of aromatic nitrogens is 6. The first kappa shape index (κ1) is 43.2. The van der Waals surface area contributed by atoms with E-state index in [1.165, 1.54) is 22.8 Å². The van der Waals surface area contributed by atoms with Crippen LogP contribution in [0.1, 0.15) is 70.6 Å². The third-order valence-corrected chi connectivity index (χ3v) is 10.1. The average molecular weight is 784 g/mol. The van der Waals surface area contributed by atoms with Gasteiger partial charge in [-0.2, -0.15) is 0 Å². The van der Waals surface area contributed by atoms with E-state index >= 15 is 0 Å². The van der Waals surface area contributed by atoms with Crippen molar-refractivity contribution in [2.75, 3.05) is 32.9 Å². The summed E-state index contributed by atoms with van der Waals surface area (Å²) in [6.45, 7) is 6.28. The topological polar surface area (TPSA) is 221 Å². The van der Waals surface area contributed by atoms with Crippen LogP contribution in [0.15, 0.2) is 48.0 Å². The van der Waals surface area contributed by atoms with Crippen molar-refractivity contribution in [3.05, 3.63) is 54.1 Å². The molecule has 1 aromatic carbocycles. The number of H-pyrrole nitrogens is 1. The molecule has 4 atom stereocenters. The number of benzene rings is 1. The number of aliphatic hydroxyl groups excluding tert-OH is 1. The molecule has 17 nitrogen and oxygen atoms in total. The molecule has 0 spiro atoms. The number of aliphatic hydroxyl groups is 1. The second-order valence-electron chi connectivity index (χ2n) is 15.2. The third kappa shape index (κ3) is 15.6. The first-order chi connectivity index (χ1) is 26.3. The summed E-state index contributed by atoms with van der Waals surface area (Å²) in [6.07, 6.45) is 7.33. The first-order valence-electron chi connectivity index (χ1n) is 18.9. The predicted molar refractivity (Wildman–Crippen MR) is 207 cm³/mol. The number of nitrogens with zero attached hydrogens (tertiary/aromatic N) is 6. The lowest BCUT2D eigenvalue weighted by molar-refractivity contribution is -0.130. The number of imidazole rings is 1. The summed E-state index contributed by atoms with van der Waals surface area (Å²) in [5.41, 5.74) is 0.620. The molecule has 6 N–H and O–H groups in total. The van der Waals surface area contributed by atoms with E-state index < -0.39 is 47.7 Å². The lowest BCUT2D eigenvalue weighted by Crippen LogP contribution is -2.58. The Morgan fingerprint density at radius 2 is 1.73 bits per heavy atom. The van der Waals surface area contributed by atoms with Gasteiger partial charge in [0.2, 0.25) is 22.9 Å². The number of aromatic amines is 1. The van der Waals surface area contributed by atoms with Gasteiger partial charge in [-0.3, -0.25) is 14.4 Å². The van der Waals surface area contributed by atoms with Gasteiger partial charge in [0.15, 0.2) is 0 Å². The van der Waals surface area contributed by atoms with Crippen LogP contribution in [0.2, 0.25) is 0 Å². The fourth-order valence-electron chi connectivity index (χ4n) is 6.27. The quantitative estimate of drug-likeness (QED) is 0.0905. The second kappa shape index (κ2) is 21.5. The summed E-state index contributed by atoms with van der Waals surface area (Å²) in [7, 11) is 3.84. The van der Waals surface area contributed by atoms with Gasteiger partial charge in [-0.15, -0.1) is 5.10 Å². The SMILES string of the molecule is CN(C)CCNC(=O)Cn1nnnc1SC[C@H](O)[C@H](CC1CCCCC1)NC(=O)[C@H](Cc1cnc[nH]1)NC(=O)[C@H](Cc1ccccc1)NC(=O)OC(C)(C)C. The van der Waals surface area contributed by atoms with E-state index in [0.717, 1.165) is 37.7 Å². The summed E-state index contributed by atoms with van der Waals surface area (Å²) in [6, 6.07) is 6.43. The third-order valence-electron chi connectivity index (χ3n) is 9.06. The summed E-state index contributed by atoms with van der Waals surface area (Å²) in [5.74, 6) is -0.883. The van der Waals surface area contributed by atoms with Gasteiger partial charge >= 0.3 is 6.09 Å². The van der Waals surface area contributed by atoms with Crippen LogP contribution < -0.4 is 21.3 Å². The van der Waals surface area contributed by atoms with Crippen molar-refractivity contribution in [1.82, 2.24) is 56.3 Å². The molecule has 1 saturated carbocycles. The lowest BCUT2D eigenvalue weighted by Gasteiger charge is -2.31. The Morgan fingerprint density at radius 1 is 1.02 bits per heavy atom. The maximum atomic E-state index is 14.2. The fourth-order valence-corrected chi connectivity index (χ4v) is 7.17. The minimum absolute atomic E-state index is 0.0778. The number of thioether (sulfide) groups is 1. The maximum absolute atomic E-state index is 14.2. The van der Waals surface area contributed by atoms with Gasteiger partial charge in [0, 0.05) is 43.6 Å². The highest BCUT2D eigenvalue weighted by Crippen LogP contribution is 2.29. The standard InChI is InChI=1S/C37H57N11O6S/c1-37(2,3)54-36(53)43-29(19-26-14-10-7-11-15-26)33(51)42-30(20-27-21-38-24-40-27)34(52)41-28(18-25-12-8-6-9-13-25)31(49)23-55-35-44-45-46-48(35)22-32(50)39-16-17-47(4)5/h7,10-11,14-15,21,24-25,28-31,49H,6,8-9,12-13,16-20,22-23H2,1-5H3,(H,38,40)(H,39,50)(H,41,52)(H,42,51)(H,43,53)/t28-,29-,30-,31-/m0/s1. The van der Waals surface area contributed by atoms with Crippen LogP contribution in [0, 0.1) is 5.92 Å². The van der Waals surface area contributed by atoms with Crippen molar-refractivity contribution in [2.45, 2.75) is 114 Å². The van der Waals surface area contributed by atoms with Crippen LogP contribution in [0.3, 0.4) is 0 Å². The Kier molecular flexibility index (Phi) is 16.9. The van der Waals surface area contributed by atoms with Crippen molar-refractivity contribution >= 4 is 35.6 Å². The molecule has 1 aliphatic carbocycles. The van der Waals surface area contributed by atoms with E-state index in [1.807, 2.05) is 49.3 Å². The van der Waals surface area contributed by atoms with Crippen molar-refractivity contribution < 1.29 is 29.0 Å². The number of carbonyl (C=O) groups excluding carboxylic acids is 4. The van der Waals surface area contributed by atoms with E-state index in [0.29, 0.717) is 36.3 Å². The molecule has 4 rings (SSSR count). The minimum Gasteiger partial charge on any atom is -0.444 e. The maximum Gasteiger partial charge on any atom is 0.408 e. The zero-order valence-corrected chi connectivity index (χ0v) is 33.3. The molecule has 302 valence electrons. The van der Waals surface area contributed by atoms with Crippen molar-refractivity contribution in [1.29, 1.82) is 0 Å². The Morgan fingerprint density at radius 3 is 2.40 bits per heavy atom. The van der Waals surface area contributed by atoms with Gasteiger partial charge in [-0.05, 0) is 63.2 Å². The number of ether oxygens (including phenoxy) is 1. The highest BCUT2D eigenvalue weighted by Gasteiger charge is 2.33. The van der Waals surface area contributed by atoms with Gasteiger partial charge in [0.1, 0.15) is 24.2 Å². The molecule has 55 heavy (non-hydrogen) atoms. The highest BCUT2D eigenvalue weighted by molar-refractivity contribution is 7.99. The Bertz CT molecular complexity index is 1630. The molecule has 0 saturated heterocycles. The summed E-state index contributed by atoms with van der Waals surface area (Å²) in [5, 5.41) is 35.2. The van der Waals surface area contributed by atoms with Crippen LogP contribution in [0.25, 0.3) is 0 Å². The molecular formula is C37H57N11O6S. The number of hydrogen-bond acceptors (Lipinski definition) is 12. The van der Waals surface area contributed by atoms with Crippen molar-refractivity contribution in [3.63, 3.8) is 0 Å². The summed E-state index contributed by atoms with van der Waals surface area (Å²) in [4.78, 5) is 62.6. The van der Waals surface area contributed by atoms with E-state index in [1.54, 1.807) is 27.0 Å². The normalized spacial score (nSPS) is 15.8. The molecule has 0 unspecified atom stereocenters. The van der Waals surface area contributed by atoms with Crippen LogP contribution in [-0.4, -0.2) is 127 Å². The van der Waals surface area contributed by atoms with Gasteiger partial charge in [0.25, 0.3) is 0 Å². The molecule has 4 amide bonds. The lowest BCUT2D eigenvalue weighted by atomic mass is 9.83. The Balaban J connectivity index is 1.49. The average Bonchev–Trinajstić information content (AvgIpc) is 3.81. The first-order valence-corrected chi connectivity index (χ1v) is 19.8. The van der Waals surface area contributed by atoms with E-state index in [2.05, 4.69) is 46.8 Å². The number of alkyl carbamates (subject to hydrolysis) is 1. The van der Waals surface area contributed by atoms with Crippen LogP contribution in [-0.2, 0) is 38.5 Å². The largest absolute Gasteiger partial charge is 0.444 e. The van der Waals surface area contributed by atoms with Gasteiger partial charge in [-0.25, -0.2) is 14.5 Å². The van der Waals surface area contributed by atoms with E-state index in [4.69, 9.17) is 4.74 Å². The smallest absolute Gasteiger partial charge is 0.408 e. The molecule has 2 aromatic heterocycles. The monoisotopic (exact) mass is 783 g/mol. The number of nitrogens with one attached hydrogen (secondary N) is 5. The van der Waals surface area contributed by atoms with Crippen LogP contribution in [0.5, 0.6) is 0 Å². The second-order valence-corrected chi connectivity index (χ2v) is 16.2. The molecule has 3 aromatic rings. The number of hydrogen-bond donors (Lipinski definition) is 6. The van der Waals surface area contributed by atoms with Gasteiger partial charge in [-0.1, -0.05) is 74.2 Å². The van der Waals surface area contributed by atoms with E-state index in [9.17, 15) is 24.3 Å². The number of tetrazole rings is 1. The molecule has 2 heterocycles. The number of carbonyl (C=O) groups is 4. The zero-order chi connectivity index (χ0) is 39.8. The van der Waals surface area contributed by atoms with Crippen molar-refractivity contribution in [3.8, 4) is 0 Å². The minimum atomic E-state index is -1.08. The molecule has 0 radical (unpaired) electrons. The molecule has 1 fully saturated rings. The molecule has 18 heteroatoms. The Hall–Kier alpha value is -4.55. The predicted octanol–water partition coefficient (Wildman–Crippen LogP) is 1.85. The van der Waals surface area contributed by atoms with Crippen LogP contribution in [0.4, 0.5) is 4.79 Å². The molecular weight excluding hydrogens is 727 g/mol. The van der Waals surface area contributed by atoms with Gasteiger partial charge in [0.05, 0.1) is 18.5 Å². The zero-order valence-electron chi connectivity index (χ0n) is 32.5. The highest BCUT2D eigenvalue weighted by atomic mass is 32.2.